The van der Waals surface area contributed by atoms with Gasteiger partial charge in [0.15, 0.2) is 6.29 Å². The summed E-state index contributed by atoms with van der Waals surface area (Å²) in [5.74, 6) is 0.714. The molecule has 3 N–H and O–H groups in total. The van der Waals surface area contributed by atoms with Gasteiger partial charge in [0.2, 0.25) is 0 Å². The summed E-state index contributed by atoms with van der Waals surface area (Å²) in [6.45, 7) is 0.327. The van der Waals surface area contributed by atoms with Gasteiger partial charge in [0.05, 0.1) is 32.0 Å². The first-order chi connectivity index (χ1) is 11.1. The molecule has 3 unspecified atom stereocenters. The van der Waals surface area contributed by atoms with Gasteiger partial charge in [-0.15, -0.1) is 0 Å². The van der Waals surface area contributed by atoms with Crippen LogP contribution in [0.1, 0.15) is 37.5 Å². The highest BCUT2D eigenvalue weighted by Crippen LogP contribution is 2.25. The minimum absolute atomic E-state index is 0.0716. The third-order valence-corrected chi connectivity index (χ3v) is 3.98. The number of methoxy groups -OCH3 is 1. The van der Waals surface area contributed by atoms with Crippen LogP contribution in [-0.4, -0.2) is 54.0 Å². The van der Waals surface area contributed by atoms with Gasteiger partial charge in [0, 0.05) is 18.6 Å². The van der Waals surface area contributed by atoms with Gasteiger partial charge in [-0.25, -0.2) is 0 Å². The Morgan fingerprint density at radius 3 is 2.57 bits per heavy atom. The molecule has 1 fully saturated rings. The topological polar surface area (TPSA) is 88.4 Å². The van der Waals surface area contributed by atoms with Crippen LogP contribution >= 0.6 is 0 Å². The van der Waals surface area contributed by atoms with Crippen molar-refractivity contribution in [1.29, 1.82) is 0 Å². The van der Waals surface area contributed by atoms with Gasteiger partial charge in [0.25, 0.3) is 0 Å². The van der Waals surface area contributed by atoms with Crippen molar-refractivity contribution in [2.75, 3.05) is 20.3 Å². The molecule has 0 spiro atoms. The van der Waals surface area contributed by atoms with Gasteiger partial charge >= 0.3 is 0 Å². The third kappa shape index (κ3) is 5.75. The van der Waals surface area contributed by atoms with Crippen molar-refractivity contribution < 1.29 is 29.5 Å². The fourth-order valence-electron chi connectivity index (χ4n) is 2.76. The Hall–Kier alpha value is -1.18. The third-order valence-electron chi connectivity index (χ3n) is 3.98. The average Bonchev–Trinajstić information content (AvgIpc) is 2.57. The number of hydrogen-bond acceptors (Lipinski definition) is 6. The Labute approximate surface area is 136 Å². The van der Waals surface area contributed by atoms with E-state index >= 15 is 0 Å². The highest BCUT2D eigenvalue weighted by molar-refractivity contribution is 5.27. The molecule has 1 aromatic carbocycles. The second-order valence-corrected chi connectivity index (χ2v) is 5.83. The van der Waals surface area contributed by atoms with Crippen LogP contribution in [0.2, 0.25) is 0 Å². The first kappa shape index (κ1) is 18.2. The number of rotatable bonds is 8. The van der Waals surface area contributed by atoms with E-state index in [1.807, 2.05) is 0 Å². The lowest BCUT2D eigenvalue weighted by atomic mass is 9.98. The van der Waals surface area contributed by atoms with Gasteiger partial charge in [-0.05, 0) is 31.4 Å². The molecular weight excluding hydrogens is 300 g/mol. The Kier molecular flexibility index (Phi) is 7.26. The molecule has 2 rings (SSSR count). The molecule has 0 aromatic heterocycles. The highest BCUT2D eigenvalue weighted by atomic mass is 16.6. The fraction of sp³-hybridized carbons (Fsp3) is 0.647. The molecule has 6 nitrogen and oxygen atoms in total. The van der Waals surface area contributed by atoms with E-state index in [-0.39, 0.29) is 25.4 Å². The molecule has 0 bridgehead atoms. The predicted molar refractivity (Wildman–Crippen MR) is 84.1 cm³/mol. The Balaban J connectivity index is 1.81. The van der Waals surface area contributed by atoms with Crippen molar-refractivity contribution in [3.8, 4) is 5.75 Å². The Bertz CT molecular complexity index is 449. The van der Waals surface area contributed by atoms with Crippen LogP contribution in [-0.2, 0) is 9.47 Å². The lowest BCUT2D eigenvalue weighted by Gasteiger charge is -2.33. The number of aliphatic hydroxyl groups excluding tert-OH is 3. The van der Waals surface area contributed by atoms with Crippen molar-refractivity contribution in [3.05, 3.63) is 29.8 Å². The van der Waals surface area contributed by atoms with E-state index in [0.717, 1.165) is 0 Å². The predicted octanol–water partition coefficient (Wildman–Crippen LogP) is 1.38. The van der Waals surface area contributed by atoms with Crippen LogP contribution < -0.4 is 4.74 Å². The molecule has 130 valence electrons. The normalized spacial score (nSPS) is 26.0. The van der Waals surface area contributed by atoms with Crippen LogP contribution in [0.5, 0.6) is 5.75 Å². The van der Waals surface area contributed by atoms with E-state index in [2.05, 4.69) is 0 Å². The van der Waals surface area contributed by atoms with E-state index in [1.165, 1.54) is 0 Å². The average molecular weight is 326 g/mol. The molecule has 1 aliphatic rings. The van der Waals surface area contributed by atoms with Crippen LogP contribution in [0.25, 0.3) is 0 Å². The zero-order chi connectivity index (χ0) is 16.7. The number of benzene rings is 1. The minimum atomic E-state index is -1.04. The van der Waals surface area contributed by atoms with Gasteiger partial charge < -0.3 is 29.5 Å². The highest BCUT2D eigenvalue weighted by Gasteiger charge is 2.28. The van der Waals surface area contributed by atoms with Crippen molar-refractivity contribution in [1.82, 2.24) is 0 Å². The zero-order valence-electron chi connectivity index (χ0n) is 13.4. The van der Waals surface area contributed by atoms with E-state index in [0.29, 0.717) is 37.0 Å². The van der Waals surface area contributed by atoms with Gasteiger partial charge in [-0.3, -0.25) is 0 Å². The molecule has 23 heavy (non-hydrogen) atoms. The largest absolute Gasteiger partial charge is 0.497 e. The van der Waals surface area contributed by atoms with E-state index in [4.69, 9.17) is 19.3 Å². The summed E-state index contributed by atoms with van der Waals surface area (Å²) in [7, 11) is 1.58. The number of aliphatic hydroxyl groups is 3. The molecule has 4 atom stereocenters. The standard InChI is InChI=1S/C17H26O6/c1-21-14-6-4-12(5-7-14)17(20)22-11-16-10-13(19)9-15(23-16)3-2-8-18/h4-7,13,15-20H,2-3,8-11H2,1H3/t13?,15-,16?,17?/m1/s1. The second kappa shape index (κ2) is 9.20. The molecule has 0 radical (unpaired) electrons. The van der Waals surface area contributed by atoms with Crippen LogP contribution in [0.15, 0.2) is 24.3 Å². The smallest absolute Gasteiger partial charge is 0.181 e. The quantitative estimate of drug-likeness (QED) is 0.626. The lowest BCUT2D eigenvalue weighted by Crippen LogP contribution is -2.38. The van der Waals surface area contributed by atoms with Gasteiger partial charge in [-0.2, -0.15) is 0 Å². The first-order valence-electron chi connectivity index (χ1n) is 8.00. The molecule has 1 heterocycles. The zero-order valence-corrected chi connectivity index (χ0v) is 13.4. The molecule has 6 heteroatoms. The van der Waals surface area contributed by atoms with E-state index in [1.54, 1.807) is 31.4 Å². The molecule has 1 saturated heterocycles. The summed E-state index contributed by atoms with van der Waals surface area (Å²) < 4.78 is 16.4. The van der Waals surface area contributed by atoms with Crippen LogP contribution in [0, 0.1) is 0 Å². The molecule has 1 aliphatic heterocycles. The number of ether oxygens (including phenoxy) is 3. The summed E-state index contributed by atoms with van der Waals surface area (Å²) >= 11 is 0. The monoisotopic (exact) mass is 326 g/mol. The Morgan fingerprint density at radius 2 is 1.91 bits per heavy atom. The van der Waals surface area contributed by atoms with Gasteiger partial charge in [-0.1, -0.05) is 12.1 Å². The minimum Gasteiger partial charge on any atom is -0.497 e. The van der Waals surface area contributed by atoms with Crippen molar-refractivity contribution in [2.24, 2.45) is 0 Å². The number of hydrogen-bond donors (Lipinski definition) is 3. The summed E-state index contributed by atoms with van der Waals surface area (Å²) in [6, 6.07) is 7.00. The summed E-state index contributed by atoms with van der Waals surface area (Å²) in [5.41, 5.74) is 0.638. The summed E-state index contributed by atoms with van der Waals surface area (Å²) in [6.07, 6.45) is 0.638. The Morgan fingerprint density at radius 1 is 1.22 bits per heavy atom. The maximum Gasteiger partial charge on any atom is 0.181 e. The second-order valence-electron chi connectivity index (χ2n) is 5.83. The molecule has 0 saturated carbocycles. The first-order valence-corrected chi connectivity index (χ1v) is 8.00. The van der Waals surface area contributed by atoms with E-state index in [9.17, 15) is 10.2 Å². The molecule has 1 aromatic rings. The lowest BCUT2D eigenvalue weighted by molar-refractivity contribution is -0.169. The molecular formula is C17H26O6. The fourth-order valence-corrected chi connectivity index (χ4v) is 2.76. The van der Waals surface area contributed by atoms with Crippen molar-refractivity contribution >= 4 is 0 Å². The van der Waals surface area contributed by atoms with Gasteiger partial charge in [0.1, 0.15) is 5.75 Å². The summed E-state index contributed by atoms with van der Waals surface area (Å²) in [4.78, 5) is 0. The SMILES string of the molecule is COc1ccc(C(O)OCC2CC(O)C[C@@H](CCCO)O2)cc1. The van der Waals surface area contributed by atoms with Crippen molar-refractivity contribution in [3.63, 3.8) is 0 Å². The molecule has 0 aliphatic carbocycles. The molecule has 0 amide bonds. The van der Waals surface area contributed by atoms with E-state index < -0.39 is 12.4 Å². The van der Waals surface area contributed by atoms with Crippen molar-refractivity contribution in [2.45, 2.75) is 50.3 Å². The maximum absolute atomic E-state index is 10.1. The van der Waals surface area contributed by atoms with Crippen LogP contribution in [0.3, 0.4) is 0 Å². The van der Waals surface area contributed by atoms with Crippen LogP contribution in [0.4, 0.5) is 0 Å². The summed E-state index contributed by atoms with van der Waals surface area (Å²) in [5, 5.41) is 28.9. The maximum atomic E-state index is 10.1.